The van der Waals surface area contributed by atoms with Crippen molar-refractivity contribution >= 4 is 17.5 Å². The van der Waals surface area contributed by atoms with Gasteiger partial charge in [-0.3, -0.25) is 4.90 Å². The Kier molecular flexibility index (Phi) is 4.16. The van der Waals surface area contributed by atoms with Gasteiger partial charge >= 0.3 is 11.2 Å². The zero-order valence-electron chi connectivity index (χ0n) is 12.6. The van der Waals surface area contributed by atoms with E-state index in [9.17, 15) is 9.18 Å². The number of hydrogen-bond acceptors (Lipinski definition) is 6. The Morgan fingerprint density at radius 3 is 2.96 bits per heavy atom. The van der Waals surface area contributed by atoms with Gasteiger partial charge in [-0.1, -0.05) is 6.07 Å². The maximum absolute atomic E-state index is 14.0. The van der Waals surface area contributed by atoms with Crippen LogP contribution in [0.3, 0.4) is 0 Å². The first-order valence-electron chi connectivity index (χ1n) is 7.24. The summed E-state index contributed by atoms with van der Waals surface area (Å²) in [6.07, 6.45) is -2.42. The quantitative estimate of drug-likeness (QED) is 0.480. The number of carbonyl (C=O) groups excluding carboxylic acids is 1. The van der Waals surface area contributed by atoms with Crippen molar-refractivity contribution in [2.75, 3.05) is 43.2 Å². The molecule has 1 aromatic rings. The van der Waals surface area contributed by atoms with Crippen LogP contribution in [0, 0.1) is 5.39 Å². The Hall–Kier alpha value is -2.60. The Labute approximate surface area is 132 Å². The molecule has 3 rings (SSSR count). The second-order valence-corrected chi connectivity index (χ2v) is 5.33. The molecule has 9 heteroatoms. The van der Waals surface area contributed by atoms with Crippen LogP contribution in [0.25, 0.3) is 5.08 Å². The van der Waals surface area contributed by atoms with E-state index in [-0.39, 0.29) is 13.2 Å². The van der Waals surface area contributed by atoms with E-state index in [0.717, 1.165) is 5.01 Å². The van der Waals surface area contributed by atoms with Crippen molar-refractivity contribution in [3.05, 3.63) is 29.4 Å². The van der Waals surface area contributed by atoms with Crippen molar-refractivity contribution in [1.82, 2.24) is 5.01 Å². The monoisotopic (exact) mass is 322 g/mol. The first-order chi connectivity index (χ1) is 11.1. The topological polar surface area (TPSA) is 73.4 Å². The fourth-order valence-electron chi connectivity index (χ4n) is 2.61. The first kappa shape index (κ1) is 15.3. The largest absolute Gasteiger partial charge is 0.416 e. The maximum Gasteiger partial charge on any atom is 0.416 e. The van der Waals surface area contributed by atoms with Crippen LogP contribution in [-0.2, 0) is 9.47 Å². The maximum atomic E-state index is 14.0. The molecule has 2 aliphatic heterocycles. The van der Waals surface area contributed by atoms with Crippen molar-refractivity contribution in [3.63, 3.8) is 0 Å². The van der Waals surface area contributed by atoms with Crippen LogP contribution >= 0.6 is 0 Å². The molecule has 2 aliphatic rings. The number of amides is 1. The Morgan fingerprint density at radius 2 is 2.22 bits per heavy atom. The lowest BCUT2D eigenvalue weighted by Crippen LogP contribution is -2.43. The molecule has 0 bridgehead atoms. The van der Waals surface area contributed by atoms with E-state index in [1.807, 2.05) is 0 Å². The summed E-state index contributed by atoms with van der Waals surface area (Å²) >= 11 is 0. The van der Waals surface area contributed by atoms with Gasteiger partial charge in [0.15, 0.2) is 6.30 Å². The molecular weight excluding hydrogens is 305 g/mol. The third-order valence-corrected chi connectivity index (χ3v) is 3.90. The minimum atomic E-state index is -1.21. The number of morpholine rings is 1. The molecule has 2 fully saturated rings. The summed E-state index contributed by atoms with van der Waals surface area (Å²) in [6.45, 7) is 1.15. The molecule has 2 heterocycles. The van der Waals surface area contributed by atoms with Crippen LogP contribution in [-0.4, -0.2) is 57.0 Å². The molecule has 1 amide bonds. The van der Waals surface area contributed by atoms with Gasteiger partial charge in [0.05, 0.1) is 26.8 Å². The number of anilines is 2. The number of nitrogens with zero attached hydrogens (tertiary/aromatic N) is 5. The van der Waals surface area contributed by atoms with E-state index in [4.69, 9.17) is 14.9 Å². The number of hydrogen-bond donors (Lipinski definition) is 0. The van der Waals surface area contributed by atoms with Crippen LogP contribution in [0.2, 0.25) is 0 Å². The normalized spacial score (nSPS) is 24.3. The number of rotatable bonds is 3. The molecule has 0 saturated carbocycles. The predicted octanol–water partition coefficient (Wildman–Crippen LogP) is 1.80. The second-order valence-electron chi connectivity index (χ2n) is 5.33. The average molecular weight is 322 g/mol. The molecule has 1 unspecified atom stereocenters. The van der Waals surface area contributed by atoms with Crippen LogP contribution in [0.15, 0.2) is 24.3 Å². The van der Waals surface area contributed by atoms with Gasteiger partial charge in [-0.2, -0.15) is 0 Å². The number of cyclic esters (lactones) is 1. The highest BCUT2D eigenvalue weighted by Gasteiger charge is 2.39. The molecule has 0 N–H and O–H groups in total. The lowest BCUT2D eigenvalue weighted by Gasteiger charge is -2.32. The van der Waals surface area contributed by atoms with Gasteiger partial charge in [0.2, 0.25) is 0 Å². The van der Waals surface area contributed by atoms with E-state index < -0.39 is 18.6 Å². The van der Waals surface area contributed by atoms with Crippen molar-refractivity contribution in [2.24, 2.45) is 0 Å². The second kappa shape index (κ2) is 6.26. The van der Waals surface area contributed by atoms with Crippen molar-refractivity contribution in [3.8, 4) is 0 Å². The average Bonchev–Trinajstić information content (AvgIpc) is 2.96. The first-order valence-corrected chi connectivity index (χ1v) is 7.24. The summed E-state index contributed by atoms with van der Waals surface area (Å²) in [6, 6.07) is 7.03. The van der Waals surface area contributed by atoms with Gasteiger partial charge in [-0.15, -0.1) is 0 Å². The molecule has 0 aromatic heterocycles. The third-order valence-electron chi connectivity index (χ3n) is 3.90. The third kappa shape index (κ3) is 2.98. The summed E-state index contributed by atoms with van der Waals surface area (Å²) in [4.78, 5) is 15.0. The fraction of sp³-hybridized carbons (Fsp3) is 0.500. The molecule has 122 valence electrons. The van der Waals surface area contributed by atoms with Crippen LogP contribution in [0.4, 0.5) is 20.6 Å². The minimum absolute atomic E-state index is 0.0286. The zero-order chi connectivity index (χ0) is 16.4. The molecule has 0 spiro atoms. The lowest BCUT2D eigenvalue weighted by molar-refractivity contribution is 0.0497. The molecule has 23 heavy (non-hydrogen) atoms. The van der Waals surface area contributed by atoms with Crippen molar-refractivity contribution < 1.29 is 18.7 Å². The SMILES string of the molecule is CN([N+]#N)C1CN(c2cccc(N3CCOC[C@H]3F)c2)C(=O)O1. The van der Waals surface area contributed by atoms with Gasteiger partial charge in [-0.05, 0) is 18.2 Å². The van der Waals surface area contributed by atoms with E-state index in [1.165, 1.54) is 11.9 Å². The standard InChI is InChI=1S/C14H17FN5O3/c1-18(17-16)13-8-20(14(21)23-13)11-4-2-3-10(7-11)19-5-6-22-9-12(19)15/h2-4,7,12-13H,5-6,8-9H2,1H3/q+1/t12-,13?/m0/s1. The van der Waals surface area contributed by atoms with Gasteiger partial charge in [0.25, 0.3) is 11.6 Å². The van der Waals surface area contributed by atoms with E-state index >= 15 is 0 Å². The van der Waals surface area contributed by atoms with Gasteiger partial charge in [-0.25, -0.2) is 9.18 Å². The van der Waals surface area contributed by atoms with Gasteiger partial charge < -0.3 is 14.4 Å². The Balaban J connectivity index is 1.80. The predicted molar refractivity (Wildman–Crippen MR) is 80.0 cm³/mol. The highest BCUT2D eigenvalue weighted by molar-refractivity contribution is 5.90. The van der Waals surface area contributed by atoms with Gasteiger partial charge in [0.1, 0.15) is 0 Å². The highest BCUT2D eigenvalue weighted by atomic mass is 19.1. The molecule has 0 aliphatic carbocycles. The lowest BCUT2D eigenvalue weighted by atomic mass is 10.2. The number of benzene rings is 1. The smallest absolute Gasteiger partial charge is 0.416 e. The number of carbonyl (C=O) groups is 1. The van der Waals surface area contributed by atoms with E-state index in [1.54, 1.807) is 29.2 Å². The highest BCUT2D eigenvalue weighted by Crippen LogP contribution is 2.28. The number of ether oxygens (including phenoxy) is 2. The Bertz CT molecular complexity index is 637. The van der Waals surface area contributed by atoms with Crippen LogP contribution < -0.4 is 9.80 Å². The van der Waals surface area contributed by atoms with E-state index in [2.05, 4.69) is 5.08 Å². The van der Waals surface area contributed by atoms with Crippen LogP contribution in [0.1, 0.15) is 0 Å². The molecule has 0 radical (unpaired) electrons. The summed E-state index contributed by atoms with van der Waals surface area (Å²) in [7, 11) is 1.50. The summed E-state index contributed by atoms with van der Waals surface area (Å²) < 4.78 is 24.2. The summed E-state index contributed by atoms with van der Waals surface area (Å²) in [5.74, 6) is 0. The Morgan fingerprint density at radius 1 is 1.43 bits per heavy atom. The van der Waals surface area contributed by atoms with Gasteiger partial charge in [0, 0.05) is 22.9 Å². The zero-order valence-corrected chi connectivity index (χ0v) is 12.6. The molecule has 2 atom stereocenters. The number of diazo groups is 1. The summed E-state index contributed by atoms with van der Waals surface area (Å²) in [5.41, 5.74) is 1.27. The number of likely N-dealkylation sites (N-methyl/N-ethyl adjacent to an activating group) is 1. The van der Waals surface area contributed by atoms with Crippen LogP contribution in [0.5, 0.6) is 0 Å². The molecule has 2 saturated heterocycles. The fourth-order valence-corrected chi connectivity index (χ4v) is 2.61. The number of halogens is 1. The molecule has 8 nitrogen and oxygen atoms in total. The molecule has 1 aromatic carbocycles. The van der Waals surface area contributed by atoms with Crippen molar-refractivity contribution in [1.29, 1.82) is 5.39 Å². The van der Waals surface area contributed by atoms with Crippen molar-refractivity contribution in [2.45, 2.75) is 12.5 Å². The number of alkyl halides is 1. The molecular formula is C14H17FN5O3+. The minimum Gasteiger partial charge on any atom is -0.416 e. The summed E-state index contributed by atoms with van der Waals surface area (Å²) in [5, 5.41) is 12.9. The van der Waals surface area contributed by atoms with E-state index in [0.29, 0.717) is 24.5 Å².